The highest BCUT2D eigenvalue weighted by atomic mass is 16.3. The number of likely N-dealkylation sites (tertiary alicyclic amines) is 1. The fraction of sp³-hybridized carbons (Fsp3) is 0.458. The van der Waals surface area contributed by atoms with Gasteiger partial charge < -0.3 is 14.9 Å². The molecule has 1 fully saturated rings. The number of anilines is 2. The third kappa shape index (κ3) is 3.55. The fourth-order valence-corrected chi connectivity index (χ4v) is 4.54. The van der Waals surface area contributed by atoms with Crippen molar-refractivity contribution < 1.29 is 14.7 Å². The van der Waals surface area contributed by atoms with Gasteiger partial charge in [-0.05, 0) is 62.4 Å². The molecule has 1 aliphatic heterocycles. The molecule has 6 heteroatoms. The van der Waals surface area contributed by atoms with Gasteiger partial charge in [0.25, 0.3) is 5.91 Å². The monoisotopic (exact) mass is 407 g/mol. The van der Waals surface area contributed by atoms with E-state index in [2.05, 4.69) is 4.98 Å². The molecule has 30 heavy (non-hydrogen) atoms. The van der Waals surface area contributed by atoms with Gasteiger partial charge in [0.05, 0.1) is 5.56 Å². The topological polar surface area (TPSA) is 73.7 Å². The number of Topliss-reactive ketones (excluding diaryl/α,β-unsaturated/α-hetero) is 1. The number of carbonyl (C=O) groups is 2. The Hall–Kier alpha value is -2.89. The average Bonchev–Trinajstić information content (AvgIpc) is 2.97. The van der Waals surface area contributed by atoms with Gasteiger partial charge in [-0.2, -0.15) is 0 Å². The number of fused-ring (bicyclic) bond motifs is 1. The number of aromatic nitrogens is 1. The molecule has 2 aliphatic rings. The molecule has 1 aromatic carbocycles. The zero-order chi connectivity index (χ0) is 21.5. The smallest absolute Gasteiger partial charge is 0.255 e. The Morgan fingerprint density at radius 3 is 2.60 bits per heavy atom. The molecule has 0 radical (unpaired) electrons. The van der Waals surface area contributed by atoms with E-state index in [-0.39, 0.29) is 22.9 Å². The highest BCUT2D eigenvalue weighted by molar-refractivity contribution is 6.05. The van der Waals surface area contributed by atoms with Crippen LogP contribution < -0.4 is 4.90 Å². The van der Waals surface area contributed by atoms with Crippen molar-refractivity contribution in [3.63, 3.8) is 0 Å². The number of carbonyl (C=O) groups excluding carboxylic acids is 2. The van der Waals surface area contributed by atoms with E-state index in [4.69, 9.17) is 0 Å². The number of ketones is 1. The van der Waals surface area contributed by atoms with Crippen molar-refractivity contribution in [2.24, 2.45) is 5.41 Å². The predicted molar refractivity (Wildman–Crippen MR) is 117 cm³/mol. The van der Waals surface area contributed by atoms with Crippen LogP contribution in [0.4, 0.5) is 11.5 Å². The van der Waals surface area contributed by atoms with Crippen molar-refractivity contribution in [2.75, 3.05) is 24.5 Å². The first kappa shape index (κ1) is 20.4. The van der Waals surface area contributed by atoms with Crippen LogP contribution >= 0.6 is 0 Å². The normalized spacial score (nSPS) is 17.7. The van der Waals surface area contributed by atoms with Crippen LogP contribution in [0.2, 0.25) is 0 Å². The Morgan fingerprint density at radius 1 is 1.20 bits per heavy atom. The molecule has 0 bridgehead atoms. The van der Waals surface area contributed by atoms with Gasteiger partial charge in [-0.3, -0.25) is 9.59 Å². The van der Waals surface area contributed by atoms with Gasteiger partial charge in [0, 0.05) is 42.5 Å². The second kappa shape index (κ2) is 7.74. The number of nitrogens with zero attached hydrogens (tertiary/aromatic N) is 3. The van der Waals surface area contributed by atoms with Crippen molar-refractivity contribution in [2.45, 2.75) is 46.5 Å². The molecule has 2 aromatic rings. The Morgan fingerprint density at radius 2 is 1.93 bits per heavy atom. The quantitative estimate of drug-likeness (QED) is 0.816. The maximum Gasteiger partial charge on any atom is 0.255 e. The predicted octanol–water partition coefficient (Wildman–Crippen LogP) is 4.34. The SMILES string of the molecule is CCN(c1ccc2c(c1)CC(C)(C)C2=O)c1ncc(C(=O)N2CCCCC2)cc1O. The minimum atomic E-state index is -0.380. The number of aromatic hydroxyl groups is 1. The minimum Gasteiger partial charge on any atom is -0.504 e. The summed E-state index contributed by atoms with van der Waals surface area (Å²) >= 11 is 0. The van der Waals surface area contributed by atoms with Crippen LogP contribution in [0.15, 0.2) is 30.5 Å². The molecule has 0 unspecified atom stereocenters. The van der Waals surface area contributed by atoms with Crippen LogP contribution in [0.5, 0.6) is 5.75 Å². The minimum absolute atomic E-state index is 0.0170. The molecule has 1 aromatic heterocycles. The van der Waals surface area contributed by atoms with Crippen LogP contribution in [0.3, 0.4) is 0 Å². The summed E-state index contributed by atoms with van der Waals surface area (Å²) < 4.78 is 0. The molecular weight excluding hydrogens is 378 g/mol. The van der Waals surface area contributed by atoms with Crippen LogP contribution in [0, 0.1) is 5.41 Å². The van der Waals surface area contributed by atoms with Crippen molar-refractivity contribution in [3.8, 4) is 5.75 Å². The second-order valence-corrected chi connectivity index (χ2v) is 8.90. The standard InChI is InChI=1S/C24H29N3O3/c1-4-27(18-8-9-19-16(12-18)14-24(2,3)21(19)29)22-20(28)13-17(15-25-22)23(30)26-10-6-5-7-11-26/h8-9,12-13,15,28H,4-7,10-11,14H2,1-3H3. The number of rotatable bonds is 4. The van der Waals surface area contributed by atoms with Crippen LogP contribution in [-0.4, -0.2) is 46.3 Å². The van der Waals surface area contributed by atoms with Gasteiger partial charge in [-0.25, -0.2) is 4.98 Å². The number of hydrogen-bond acceptors (Lipinski definition) is 5. The largest absolute Gasteiger partial charge is 0.504 e. The molecule has 1 N–H and O–H groups in total. The molecule has 1 saturated heterocycles. The summed E-state index contributed by atoms with van der Waals surface area (Å²) in [6.07, 6.45) is 5.44. The van der Waals surface area contributed by atoms with E-state index in [0.29, 0.717) is 24.3 Å². The summed E-state index contributed by atoms with van der Waals surface area (Å²) in [4.78, 5) is 33.4. The van der Waals surface area contributed by atoms with Gasteiger partial charge in [-0.1, -0.05) is 13.8 Å². The van der Waals surface area contributed by atoms with Crippen LogP contribution in [-0.2, 0) is 6.42 Å². The number of hydrogen-bond donors (Lipinski definition) is 1. The average molecular weight is 408 g/mol. The van der Waals surface area contributed by atoms with Crippen molar-refractivity contribution >= 4 is 23.2 Å². The summed E-state index contributed by atoms with van der Waals surface area (Å²) in [5.74, 6) is 0.492. The molecule has 6 nitrogen and oxygen atoms in total. The van der Waals surface area contributed by atoms with Crippen molar-refractivity contribution in [3.05, 3.63) is 47.2 Å². The Labute approximate surface area is 177 Å². The third-order valence-corrected chi connectivity index (χ3v) is 6.20. The maximum absolute atomic E-state index is 12.7. The summed E-state index contributed by atoms with van der Waals surface area (Å²) in [7, 11) is 0. The highest BCUT2D eigenvalue weighted by Crippen LogP contribution is 2.39. The van der Waals surface area contributed by atoms with Gasteiger partial charge in [0.2, 0.25) is 0 Å². The molecule has 0 spiro atoms. The lowest BCUT2D eigenvalue weighted by Gasteiger charge is -2.27. The van der Waals surface area contributed by atoms with E-state index in [1.807, 2.05) is 48.8 Å². The van der Waals surface area contributed by atoms with E-state index in [9.17, 15) is 14.7 Å². The molecule has 4 rings (SSSR count). The molecular formula is C24H29N3O3. The summed E-state index contributed by atoms with van der Waals surface area (Å²) in [5.41, 5.74) is 2.71. The summed E-state index contributed by atoms with van der Waals surface area (Å²) in [6.45, 7) is 8.03. The number of benzene rings is 1. The second-order valence-electron chi connectivity index (χ2n) is 8.90. The number of piperidine rings is 1. The van der Waals surface area contributed by atoms with E-state index in [1.54, 1.807) is 6.20 Å². The summed E-state index contributed by atoms with van der Waals surface area (Å²) in [5, 5.41) is 10.7. The Balaban J connectivity index is 1.61. The van der Waals surface area contributed by atoms with Gasteiger partial charge >= 0.3 is 0 Å². The number of pyridine rings is 1. The van der Waals surface area contributed by atoms with Crippen LogP contribution in [0.1, 0.15) is 66.3 Å². The van der Waals surface area contributed by atoms with Gasteiger partial charge in [0.1, 0.15) is 0 Å². The number of amides is 1. The first-order valence-electron chi connectivity index (χ1n) is 10.8. The fourth-order valence-electron chi connectivity index (χ4n) is 4.54. The first-order chi connectivity index (χ1) is 14.3. The van der Waals surface area contributed by atoms with Crippen LogP contribution in [0.25, 0.3) is 0 Å². The lowest BCUT2D eigenvalue weighted by atomic mass is 9.89. The Kier molecular flexibility index (Phi) is 5.26. The molecule has 158 valence electrons. The molecule has 0 atom stereocenters. The summed E-state index contributed by atoms with van der Waals surface area (Å²) in [6, 6.07) is 7.30. The zero-order valence-corrected chi connectivity index (χ0v) is 17.9. The molecule has 0 saturated carbocycles. The van der Waals surface area contributed by atoms with E-state index < -0.39 is 0 Å². The molecule has 2 heterocycles. The van der Waals surface area contributed by atoms with E-state index >= 15 is 0 Å². The van der Waals surface area contributed by atoms with E-state index in [0.717, 1.165) is 49.2 Å². The lowest BCUT2D eigenvalue weighted by Crippen LogP contribution is -2.35. The maximum atomic E-state index is 12.7. The zero-order valence-electron chi connectivity index (χ0n) is 17.9. The van der Waals surface area contributed by atoms with Crippen molar-refractivity contribution in [1.82, 2.24) is 9.88 Å². The molecule has 1 aliphatic carbocycles. The third-order valence-electron chi connectivity index (χ3n) is 6.20. The first-order valence-corrected chi connectivity index (χ1v) is 10.8. The molecule has 1 amide bonds. The lowest BCUT2D eigenvalue weighted by molar-refractivity contribution is 0.0723. The van der Waals surface area contributed by atoms with Gasteiger partial charge in [-0.15, -0.1) is 0 Å². The highest BCUT2D eigenvalue weighted by Gasteiger charge is 2.37. The van der Waals surface area contributed by atoms with Crippen molar-refractivity contribution in [1.29, 1.82) is 0 Å². The van der Waals surface area contributed by atoms with E-state index in [1.165, 1.54) is 6.07 Å². The Bertz CT molecular complexity index is 993. The van der Waals surface area contributed by atoms with Gasteiger partial charge in [0.15, 0.2) is 17.4 Å².